The molecule has 0 radical (unpaired) electrons. The fourth-order valence-electron chi connectivity index (χ4n) is 2.04. The summed E-state index contributed by atoms with van der Waals surface area (Å²) in [5.41, 5.74) is 3.20. The van der Waals surface area contributed by atoms with Crippen molar-refractivity contribution in [2.45, 2.75) is 26.3 Å². The standard InChI is InChI=1S/C13H18N4/c1-5-6-7-11-10(3)14-13(15-11)12-8-9(2)16-17(12)4/h5-7,12H,1,8H2,2-4H3,(H,14,15)/b7-6-. The average molecular weight is 230 g/mol. The van der Waals surface area contributed by atoms with Crippen molar-refractivity contribution in [3.8, 4) is 0 Å². The van der Waals surface area contributed by atoms with Crippen LogP contribution in [0.1, 0.15) is 36.6 Å². The van der Waals surface area contributed by atoms with Gasteiger partial charge in [0.2, 0.25) is 0 Å². The third-order valence-electron chi connectivity index (χ3n) is 2.91. The lowest BCUT2D eigenvalue weighted by atomic mass is 10.1. The van der Waals surface area contributed by atoms with Crippen molar-refractivity contribution in [3.05, 3.63) is 35.9 Å². The van der Waals surface area contributed by atoms with Gasteiger partial charge in [-0.05, 0) is 19.9 Å². The number of aryl methyl sites for hydroxylation is 1. The van der Waals surface area contributed by atoms with Crippen LogP contribution in [0.25, 0.3) is 6.08 Å². The van der Waals surface area contributed by atoms with Crippen LogP contribution in [0.5, 0.6) is 0 Å². The number of hydrazone groups is 1. The second-order valence-corrected chi connectivity index (χ2v) is 4.36. The summed E-state index contributed by atoms with van der Waals surface area (Å²) in [7, 11) is 1.98. The first-order chi connectivity index (χ1) is 8.11. The van der Waals surface area contributed by atoms with Gasteiger partial charge < -0.3 is 4.98 Å². The second-order valence-electron chi connectivity index (χ2n) is 4.36. The van der Waals surface area contributed by atoms with Crippen molar-refractivity contribution in [2.75, 3.05) is 7.05 Å². The molecule has 1 aromatic heterocycles. The Morgan fingerprint density at radius 1 is 1.47 bits per heavy atom. The van der Waals surface area contributed by atoms with Crippen LogP contribution in [0.3, 0.4) is 0 Å². The molecule has 2 heterocycles. The van der Waals surface area contributed by atoms with E-state index in [4.69, 9.17) is 0 Å². The van der Waals surface area contributed by atoms with Gasteiger partial charge in [0.25, 0.3) is 0 Å². The van der Waals surface area contributed by atoms with E-state index in [0.717, 1.165) is 29.3 Å². The minimum absolute atomic E-state index is 0.236. The lowest BCUT2D eigenvalue weighted by Crippen LogP contribution is -2.15. The number of aromatic amines is 1. The van der Waals surface area contributed by atoms with Crippen LogP contribution in [0.15, 0.2) is 23.8 Å². The first-order valence-corrected chi connectivity index (χ1v) is 5.74. The van der Waals surface area contributed by atoms with Gasteiger partial charge >= 0.3 is 0 Å². The number of H-pyrrole nitrogens is 1. The van der Waals surface area contributed by atoms with Crippen molar-refractivity contribution in [1.82, 2.24) is 15.0 Å². The van der Waals surface area contributed by atoms with Crippen molar-refractivity contribution >= 4 is 11.8 Å². The molecule has 0 amide bonds. The minimum Gasteiger partial charge on any atom is -0.344 e. The molecule has 1 atom stereocenters. The Bertz CT molecular complexity index is 482. The van der Waals surface area contributed by atoms with Crippen molar-refractivity contribution in [2.24, 2.45) is 5.10 Å². The summed E-state index contributed by atoms with van der Waals surface area (Å²) in [4.78, 5) is 7.94. The van der Waals surface area contributed by atoms with E-state index < -0.39 is 0 Å². The van der Waals surface area contributed by atoms with E-state index in [-0.39, 0.29) is 6.04 Å². The molecule has 2 rings (SSSR count). The van der Waals surface area contributed by atoms with Crippen LogP contribution in [-0.2, 0) is 0 Å². The van der Waals surface area contributed by atoms with Gasteiger partial charge in [-0.15, -0.1) is 0 Å². The second kappa shape index (κ2) is 4.57. The molecular weight excluding hydrogens is 212 g/mol. The quantitative estimate of drug-likeness (QED) is 0.811. The molecule has 90 valence electrons. The first kappa shape index (κ1) is 11.6. The van der Waals surface area contributed by atoms with E-state index in [0.29, 0.717) is 0 Å². The molecule has 0 saturated carbocycles. The van der Waals surface area contributed by atoms with E-state index in [2.05, 4.69) is 21.6 Å². The molecule has 0 bridgehead atoms. The molecule has 17 heavy (non-hydrogen) atoms. The fraction of sp³-hybridized carbons (Fsp3) is 0.385. The summed E-state index contributed by atoms with van der Waals surface area (Å²) in [5.74, 6) is 0.981. The van der Waals surface area contributed by atoms with Gasteiger partial charge in [-0.2, -0.15) is 5.10 Å². The number of aromatic nitrogens is 2. The molecule has 1 unspecified atom stereocenters. The number of allylic oxidation sites excluding steroid dienone is 2. The largest absolute Gasteiger partial charge is 0.344 e. The average Bonchev–Trinajstić information content (AvgIpc) is 2.79. The van der Waals surface area contributed by atoms with Gasteiger partial charge in [-0.1, -0.05) is 18.7 Å². The van der Waals surface area contributed by atoms with E-state index in [1.165, 1.54) is 0 Å². The summed E-state index contributed by atoms with van der Waals surface area (Å²) < 4.78 is 0. The zero-order valence-corrected chi connectivity index (χ0v) is 10.6. The Labute approximate surface area is 102 Å². The van der Waals surface area contributed by atoms with Crippen molar-refractivity contribution in [3.63, 3.8) is 0 Å². The number of nitrogens with one attached hydrogen (secondary N) is 1. The Hall–Kier alpha value is -1.84. The fourth-order valence-corrected chi connectivity index (χ4v) is 2.04. The van der Waals surface area contributed by atoms with Gasteiger partial charge in [0.1, 0.15) is 11.9 Å². The Morgan fingerprint density at radius 2 is 2.24 bits per heavy atom. The minimum atomic E-state index is 0.236. The Kier molecular flexibility index (Phi) is 3.13. The molecule has 0 fully saturated rings. The van der Waals surface area contributed by atoms with Gasteiger partial charge in [-0.25, -0.2) is 4.98 Å². The van der Waals surface area contributed by atoms with Crippen molar-refractivity contribution in [1.29, 1.82) is 0 Å². The van der Waals surface area contributed by atoms with E-state index in [1.807, 2.05) is 38.1 Å². The van der Waals surface area contributed by atoms with Crippen LogP contribution < -0.4 is 0 Å². The van der Waals surface area contributed by atoms with E-state index in [9.17, 15) is 0 Å². The molecule has 1 N–H and O–H groups in total. The van der Waals surface area contributed by atoms with Crippen LogP contribution >= 0.6 is 0 Å². The summed E-state index contributed by atoms with van der Waals surface area (Å²) in [5, 5.41) is 6.37. The van der Waals surface area contributed by atoms with E-state index >= 15 is 0 Å². The summed E-state index contributed by atoms with van der Waals surface area (Å²) in [6.07, 6.45) is 6.55. The molecular formula is C13H18N4. The predicted molar refractivity (Wildman–Crippen MR) is 70.8 cm³/mol. The number of nitrogens with zero attached hydrogens (tertiary/aromatic N) is 3. The van der Waals surface area contributed by atoms with Gasteiger partial charge in [-0.3, -0.25) is 5.01 Å². The first-order valence-electron chi connectivity index (χ1n) is 5.74. The molecule has 4 heteroatoms. The lowest BCUT2D eigenvalue weighted by molar-refractivity contribution is 0.280. The molecule has 0 aromatic carbocycles. The highest BCUT2D eigenvalue weighted by Crippen LogP contribution is 2.27. The molecule has 0 saturated heterocycles. The zero-order valence-electron chi connectivity index (χ0n) is 10.6. The highest BCUT2D eigenvalue weighted by Gasteiger charge is 2.25. The SMILES string of the molecule is C=C/C=C\c1nc(C2CC(C)=NN2C)[nH]c1C. The third-order valence-corrected chi connectivity index (χ3v) is 2.91. The maximum absolute atomic E-state index is 4.61. The number of imidazole rings is 1. The van der Waals surface area contributed by atoms with Crippen LogP contribution in [0.2, 0.25) is 0 Å². The van der Waals surface area contributed by atoms with Gasteiger partial charge in [0.05, 0.1) is 5.69 Å². The van der Waals surface area contributed by atoms with Gasteiger partial charge in [0.15, 0.2) is 0 Å². The zero-order chi connectivity index (χ0) is 12.4. The molecule has 4 nitrogen and oxygen atoms in total. The molecule has 0 aliphatic carbocycles. The number of rotatable bonds is 3. The predicted octanol–water partition coefficient (Wildman–Crippen LogP) is 2.67. The highest BCUT2D eigenvalue weighted by atomic mass is 15.5. The Morgan fingerprint density at radius 3 is 2.82 bits per heavy atom. The summed E-state index contributed by atoms with van der Waals surface area (Å²) >= 11 is 0. The van der Waals surface area contributed by atoms with Crippen molar-refractivity contribution < 1.29 is 0 Å². The highest BCUT2D eigenvalue weighted by molar-refractivity contribution is 5.83. The number of hydrogen-bond donors (Lipinski definition) is 1. The third kappa shape index (κ3) is 2.30. The Balaban J connectivity index is 2.23. The maximum Gasteiger partial charge on any atom is 0.131 e. The summed E-state index contributed by atoms with van der Waals surface area (Å²) in [6.45, 7) is 7.74. The molecule has 1 aliphatic rings. The maximum atomic E-state index is 4.61. The van der Waals surface area contributed by atoms with Crippen LogP contribution in [-0.4, -0.2) is 27.7 Å². The smallest absolute Gasteiger partial charge is 0.131 e. The lowest BCUT2D eigenvalue weighted by Gasteiger charge is -2.15. The number of hydrogen-bond acceptors (Lipinski definition) is 3. The molecule has 1 aromatic rings. The van der Waals surface area contributed by atoms with Crippen LogP contribution in [0.4, 0.5) is 0 Å². The molecule has 1 aliphatic heterocycles. The van der Waals surface area contributed by atoms with E-state index in [1.54, 1.807) is 6.08 Å². The molecule has 0 spiro atoms. The normalized spacial score (nSPS) is 20.1. The van der Waals surface area contributed by atoms with Gasteiger partial charge in [0, 0.05) is 24.9 Å². The monoisotopic (exact) mass is 230 g/mol. The van der Waals surface area contributed by atoms with Crippen LogP contribution in [0, 0.1) is 6.92 Å². The summed E-state index contributed by atoms with van der Waals surface area (Å²) in [6, 6.07) is 0.236. The topological polar surface area (TPSA) is 44.3 Å².